The molecule has 2 heterocycles. The molecule has 2 aliphatic rings. The van der Waals surface area contributed by atoms with Gasteiger partial charge < -0.3 is 0 Å². The fourth-order valence-corrected chi connectivity index (χ4v) is 10.2. The van der Waals surface area contributed by atoms with E-state index in [1.165, 1.54) is 34.7 Å². The third-order valence-corrected chi connectivity index (χ3v) is 12.4. The van der Waals surface area contributed by atoms with Gasteiger partial charge in [0.05, 0.1) is 40.0 Å². The summed E-state index contributed by atoms with van der Waals surface area (Å²) in [6, 6.07) is 11.8. The van der Waals surface area contributed by atoms with E-state index >= 15 is 4.39 Å². The maximum absolute atomic E-state index is 15.8. The van der Waals surface area contributed by atoms with E-state index in [-0.39, 0.29) is 23.8 Å². The summed E-state index contributed by atoms with van der Waals surface area (Å²) < 4.78 is 66.1. The van der Waals surface area contributed by atoms with Crippen LogP contribution in [0.3, 0.4) is 0 Å². The minimum atomic E-state index is -4.55. The number of Topliss-reactive ketones (excluding diaryl/α,β-unsaturated/α-hetero) is 1. The lowest BCUT2D eigenvalue weighted by Crippen LogP contribution is -2.47. The van der Waals surface area contributed by atoms with Crippen molar-refractivity contribution in [2.75, 3.05) is 5.75 Å². The van der Waals surface area contributed by atoms with E-state index < -0.39 is 49.9 Å². The first kappa shape index (κ1) is 31.1. The normalized spacial score (nSPS) is 22.7. The lowest BCUT2D eigenvalue weighted by Gasteiger charge is -2.40. The van der Waals surface area contributed by atoms with Gasteiger partial charge in [0.1, 0.15) is 35.7 Å². The van der Waals surface area contributed by atoms with Crippen LogP contribution in [0.25, 0.3) is 11.3 Å². The first-order chi connectivity index (χ1) is 21.3. The number of rotatable bonds is 10. The molecule has 4 aromatic rings. The van der Waals surface area contributed by atoms with Gasteiger partial charge in [-0.25, -0.2) is 23.4 Å². The van der Waals surface area contributed by atoms with Crippen molar-refractivity contribution in [2.24, 2.45) is 16.7 Å². The number of fused-ring (bicyclic) bond motifs is 2. The summed E-state index contributed by atoms with van der Waals surface area (Å²) in [5.74, 6) is -3.36. The summed E-state index contributed by atoms with van der Waals surface area (Å²) in [7, 11) is -4.55. The Hall–Kier alpha value is -3.86. The van der Waals surface area contributed by atoms with Gasteiger partial charge in [0.25, 0.3) is 10.1 Å². The zero-order valence-electron chi connectivity index (χ0n) is 24.9. The SMILES string of the molecule is C[C@@H](c1nc(-c2ccc(C#N)cc2)cs1)[C@@](Cn1cncn1)(OS(=O)(=O)C[C@@]12CCC(CC1=O)C2(C)C)c1ccc(F)cc1F. The lowest BCUT2D eigenvalue weighted by atomic mass is 9.70. The summed E-state index contributed by atoms with van der Waals surface area (Å²) in [5.41, 5.74) is -2.13. The second kappa shape index (κ2) is 11.2. The highest BCUT2D eigenvalue weighted by Gasteiger charge is 2.66. The molecular weight excluding hydrogens is 621 g/mol. The Labute approximate surface area is 264 Å². The Morgan fingerprint density at radius 1 is 1.22 bits per heavy atom. The molecule has 0 N–H and O–H groups in total. The summed E-state index contributed by atoms with van der Waals surface area (Å²) >= 11 is 1.23. The average Bonchev–Trinajstić information content (AvgIpc) is 3.76. The molecule has 0 aliphatic heterocycles. The molecule has 13 heteroatoms. The van der Waals surface area contributed by atoms with E-state index in [4.69, 9.17) is 14.4 Å². The number of halogens is 2. The smallest absolute Gasteiger partial charge is 0.269 e. The van der Waals surface area contributed by atoms with Gasteiger partial charge in [-0.2, -0.15) is 18.8 Å². The van der Waals surface area contributed by atoms with E-state index in [1.54, 1.807) is 36.6 Å². The zero-order valence-corrected chi connectivity index (χ0v) is 26.5. The molecule has 2 saturated carbocycles. The van der Waals surface area contributed by atoms with Crippen LogP contribution in [-0.4, -0.2) is 39.7 Å². The Balaban J connectivity index is 1.48. The summed E-state index contributed by atoms with van der Waals surface area (Å²) in [5, 5.41) is 15.5. The number of thiazole rings is 1. The standard InChI is InChI=1S/C32H31F2N5O4S2/c1-20(29-38-27(15-44-29)22-6-4-21(14-35)5-7-22)32(16-39-19-36-18-37-39,25-9-8-24(33)13-26(25)34)43-45(41,42)17-31-11-10-23(12-28(31)40)30(31,2)3/h4-9,13,15,18-20,23H,10-12,16-17H2,1-3H3/t20-,23?,31-,32+/m0/s1. The zero-order chi connectivity index (χ0) is 32.2. The summed E-state index contributed by atoms with van der Waals surface area (Å²) in [6.07, 6.45) is 4.08. The van der Waals surface area contributed by atoms with Crippen LogP contribution in [0.2, 0.25) is 0 Å². The van der Waals surface area contributed by atoms with Gasteiger partial charge in [0.15, 0.2) is 0 Å². The third-order valence-electron chi connectivity index (χ3n) is 9.99. The molecule has 45 heavy (non-hydrogen) atoms. The van der Waals surface area contributed by atoms with Crippen LogP contribution in [0.5, 0.6) is 0 Å². The molecule has 0 amide bonds. The number of nitrogens with zero attached hydrogens (tertiary/aromatic N) is 5. The van der Waals surface area contributed by atoms with Crippen molar-refractivity contribution in [2.45, 2.75) is 58.1 Å². The molecule has 2 bridgehead atoms. The van der Waals surface area contributed by atoms with Gasteiger partial charge in [-0.05, 0) is 42.4 Å². The number of ketones is 1. The highest BCUT2D eigenvalue weighted by Crippen LogP contribution is 2.64. The van der Waals surface area contributed by atoms with Crippen LogP contribution < -0.4 is 0 Å². The fraction of sp³-hybridized carbons (Fsp3) is 0.406. The van der Waals surface area contributed by atoms with Crippen molar-refractivity contribution in [3.8, 4) is 17.3 Å². The summed E-state index contributed by atoms with van der Waals surface area (Å²) in [6.45, 7) is 5.21. The maximum atomic E-state index is 15.8. The number of hydrogen-bond donors (Lipinski definition) is 0. The lowest BCUT2D eigenvalue weighted by molar-refractivity contribution is -0.128. The molecule has 2 aromatic heterocycles. The van der Waals surface area contributed by atoms with Gasteiger partial charge >= 0.3 is 0 Å². The van der Waals surface area contributed by atoms with Crippen LogP contribution in [0.1, 0.15) is 62.1 Å². The van der Waals surface area contributed by atoms with Crippen LogP contribution in [0, 0.1) is 39.7 Å². The largest absolute Gasteiger partial charge is 0.299 e. The van der Waals surface area contributed by atoms with Crippen molar-refractivity contribution < 1.29 is 26.2 Å². The molecular formula is C32H31F2N5O4S2. The van der Waals surface area contributed by atoms with Crippen molar-refractivity contribution in [3.63, 3.8) is 0 Å². The Morgan fingerprint density at radius 2 is 1.98 bits per heavy atom. The van der Waals surface area contributed by atoms with Gasteiger partial charge in [-0.15, -0.1) is 11.3 Å². The fourth-order valence-electron chi connectivity index (χ4n) is 7.19. The van der Waals surface area contributed by atoms with E-state index in [1.807, 2.05) is 13.8 Å². The van der Waals surface area contributed by atoms with Crippen molar-refractivity contribution in [1.29, 1.82) is 5.26 Å². The van der Waals surface area contributed by atoms with Crippen LogP contribution in [0.4, 0.5) is 8.78 Å². The number of benzene rings is 2. The Bertz CT molecular complexity index is 1900. The maximum Gasteiger partial charge on any atom is 0.269 e. The number of carbonyl (C=O) groups is 1. The number of nitriles is 1. The average molecular weight is 652 g/mol. The Morgan fingerprint density at radius 3 is 2.58 bits per heavy atom. The van der Waals surface area contributed by atoms with Crippen molar-refractivity contribution in [1.82, 2.24) is 19.7 Å². The molecule has 0 radical (unpaired) electrons. The van der Waals surface area contributed by atoms with Crippen LogP contribution in [0.15, 0.2) is 60.5 Å². The molecule has 2 fully saturated rings. The summed E-state index contributed by atoms with van der Waals surface area (Å²) in [4.78, 5) is 22.0. The molecule has 4 atom stereocenters. The van der Waals surface area contributed by atoms with Gasteiger partial charge in [0.2, 0.25) is 0 Å². The third kappa shape index (κ3) is 5.28. The topological polar surface area (TPSA) is 128 Å². The van der Waals surface area contributed by atoms with Crippen LogP contribution in [-0.2, 0) is 31.2 Å². The van der Waals surface area contributed by atoms with Gasteiger partial charge in [-0.3, -0.25) is 8.98 Å². The van der Waals surface area contributed by atoms with E-state index in [0.717, 1.165) is 18.1 Å². The predicted molar refractivity (Wildman–Crippen MR) is 162 cm³/mol. The molecule has 2 aliphatic carbocycles. The van der Waals surface area contributed by atoms with Gasteiger partial charge in [0, 0.05) is 34.9 Å². The minimum absolute atomic E-state index is 0.0736. The quantitative estimate of drug-likeness (QED) is 0.191. The number of carbonyl (C=O) groups excluding carboxylic acids is 1. The van der Waals surface area contributed by atoms with Crippen molar-refractivity contribution in [3.05, 3.63) is 88.3 Å². The van der Waals surface area contributed by atoms with Gasteiger partial charge in [-0.1, -0.05) is 39.0 Å². The predicted octanol–water partition coefficient (Wildman–Crippen LogP) is 5.99. The molecule has 0 saturated heterocycles. The van der Waals surface area contributed by atoms with Crippen molar-refractivity contribution >= 4 is 27.2 Å². The molecule has 2 aromatic carbocycles. The van der Waals surface area contributed by atoms with E-state index in [2.05, 4.69) is 16.2 Å². The second-order valence-corrected chi connectivity index (χ2v) is 15.0. The van der Waals surface area contributed by atoms with E-state index in [9.17, 15) is 17.6 Å². The monoisotopic (exact) mass is 651 g/mol. The molecule has 9 nitrogen and oxygen atoms in total. The number of aromatic nitrogens is 4. The first-order valence-corrected chi connectivity index (χ1v) is 17.0. The minimum Gasteiger partial charge on any atom is -0.299 e. The molecule has 234 valence electrons. The van der Waals surface area contributed by atoms with E-state index in [0.29, 0.717) is 35.2 Å². The molecule has 6 rings (SSSR count). The first-order valence-electron chi connectivity index (χ1n) is 14.5. The highest BCUT2D eigenvalue weighted by molar-refractivity contribution is 7.86. The molecule has 0 spiro atoms. The Kier molecular flexibility index (Phi) is 7.74. The highest BCUT2D eigenvalue weighted by atomic mass is 32.2. The second-order valence-electron chi connectivity index (χ2n) is 12.5. The molecule has 1 unspecified atom stereocenters. The van der Waals surface area contributed by atoms with Crippen LogP contribution >= 0.6 is 11.3 Å². The number of hydrogen-bond acceptors (Lipinski definition) is 9.